The van der Waals surface area contributed by atoms with E-state index < -0.39 is 17.4 Å². The lowest BCUT2D eigenvalue weighted by molar-refractivity contribution is -0.144. The Morgan fingerprint density at radius 2 is 1.95 bits per heavy atom. The van der Waals surface area contributed by atoms with Gasteiger partial charge in [0.25, 0.3) is 11.5 Å². The molecule has 7 heteroatoms. The quantitative estimate of drug-likeness (QED) is 0.811. The summed E-state index contributed by atoms with van der Waals surface area (Å²) >= 11 is 0. The number of aromatic nitrogens is 2. The molecule has 116 valence electrons. The molecule has 1 rings (SSSR count). The fourth-order valence-corrected chi connectivity index (χ4v) is 1.86. The number of carbonyl (C=O) groups is 2. The van der Waals surface area contributed by atoms with Crippen LogP contribution in [0.4, 0.5) is 0 Å². The Morgan fingerprint density at radius 1 is 1.33 bits per heavy atom. The highest BCUT2D eigenvalue weighted by atomic mass is 16.5. The molecule has 1 aromatic heterocycles. The van der Waals surface area contributed by atoms with Crippen LogP contribution >= 0.6 is 0 Å². The lowest BCUT2D eigenvalue weighted by atomic mass is 10.1. The number of carbonyl (C=O) groups excluding carboxylic acids is 2. The number of ether oxygens (including phenoxy) is 1. The van der Waals surface area contributed by atoms with Crippen LogP contribution < -0.4 is 5.56 Å². The van der Waals surface area contributed by atoms with Gasteiger partial charge < -0.3 is 9.64 Å². The molecule has 21 heavy (non-hydrogen) atoms. The first-order chi connectivity index (χ1) is 9.79. The number of H-pyrrole nitrogens is 1. The van der Waals surface area contributed by atoms with Crippen LogP contribution in [0.3, 0.4) is 0 Å². The average Bonchev–Trinajstić information content (AvgIpc) is 2.40. The molecule has 0 aromatic carbocycles. The second-order valence-electron chi connectivity index (χ2n) is 4.97. The molecule has 0 aliphatic rings. The van der Waals surface area contributed by atoms with Gasteiger partial charge >= 0.3 is 5.97 Å². The molecule has 0 aliphatic heterocycles. The van der Waals surface area contributed by atoms with Gasteiger partial charge in [-0.2, -0.15) is 5.10 Å². The number of hydrogen-bond acceptors (Lipinski definition) is 5. The van der Waals surface area contributed by atoms with E-state index in [4.69, 9.17) is 4.74 Å². The monoisotopic (exact) mass is 295 g/mol. The van der Waals surface area contributed by atoms with E-state index in [1.165, 1.54) is 4.90 Å². The Morgan fingerprint density at radius 3 is 2.48 bits per heavy atom. The topological polar surface area (TPSA) is 92.4 Å². The van der Waals surface area contributed by atoms with E-state index in [1.54, 1.807) is 34.6 Å². The van der Waals surface area contributed by atoms with E-state index in [1.807, 2.05) is 0 Å². The van der Waals surface area contributed by atoms with E-state index in [9.17, 15) is 14.4 Å². The van der Waals surface area contributed by atoms with Crippen LogP contribution in [0.25, 0.3) is 0 Å². The van der Waals surface area contributed by atoms with Gasteiger partial charge in [-0.3, -0.25) is 14.4 Å². The van der Waals surface area contributed by atoms with Gasteiger partial charge in [-0.25, -0.2) is 5.10 Å². The maximum absolute atomic E-state index is 12.6. The molecular formula is C14H21N3O4. The minimum atomic E-state index is -0.558. The number of esters is 1. The lowest BCUT2D eigenvalue weighted by Gasteiger charge is -2.26. The van der Waals surface area contributed by atoms with Crippen LogP contribution in [-0.4, -0.2) is 46.2 Å². The van der Waals surface area contributed by atoms with Crippen molar-refractivity contribution in [1.82, 2.24) is 15.1 Å². The zero-order valence-corrected chi connectivity index (χ0v) is 13.0. The van der Waals surface area contributed by atoms with Gasteiger partial charge in [0, 0.05) is 6.04 Å². The van der Waals surface area contributed by atoms with Crippen molar-refractivity contribution in [3.05, 3.63) is 27.2 Å². The average molecular weight is 295 g/mol. The van der Waals surface area contributed by atoms with Gasteiger partial charge in [-0.15, -0.1) is 0 Å². The normalized spacial score (nSPS) is 10.6. The van der Waals surface area contributed by atoms with Crippen molar-refractivity contribution in [3.8, 4) is 0 Å². The minimum Gasteiger partial charge on any atom is -0.465 e. The Bertz CT molecular complexity index is 592. The highest BCUT2D eigenvalue weighted by Gasteiger charge is 2.26. The highest BCUT2D eigenvalue weighted by molar-refractivity contribution is 5.97. The third kappa shape index (κ3) is 3.90. The lowest BCUT2D eigenvalue weighted by Crippen LogP contribution is -2.43. The third-order valence-electron chi connectivity index (χ3n) is 3.17. The number of hydrogen-bond donors (Lipinski definition) is 1. The van der Waals surface area contributed by atoms with Crippen molar-refractivity contribution in [2.75, 3.05) is 13.2 Å². The van der Waals surface area contributed by atoms with Crippen molar-refractivity contribution < 1.29 is 14.3 Å². The second-order valence-corrected chi connectivity index (χ2v) is 4.97. The molecule has 0 atom stereocenters. The second kappa shape index (κ2) is 7.01. The van der Waals surface area contributed by atoms with E-state index in [-0.39, 0.29) is 24.8 Å². The molecule has 1 heterocycles. The molecule has 1 amide bonds. The zero-order valence-electron chi connectivity index (χ0n) is 13.0. The Kier molecular flexibility index (Phi) is 5.63. The van der Waals surface area contributed by atoms with Crippen molar-refractivity contribution in [2.24, 2.45) is 0 Å². The first-order valence-corrected chi connectivity index (χ1v) is 6.82. The smallest absolute Gasteiger partial charge is 0.325 e. The number of nitrogens with zero attached hydrogens (tertiary/aromatic N) is 2. The highest BCUT2D eigenvalue weighted by Crippen LogP contribution is 2.11. The van der Waals surface area contributed by atoms with Crippen molar-refractivity contribution in [1.29, 1.82) is 0 Å². The zero-order chi connectivity index (χ0) is 16.2. The maximum Gasteiger partial charge on any atom is 0.325 e. The summed E-state index contributed by atoms with van der Waals surface area (Å²) in [7, 11) is 0. The summed E-state index contributed by atoms with van der Waals surface area (Å²) in [4.78, 5) is 37.4. The maximum atomic E-state index is 12.6. The number of rotatable bonds is 5. The van der Waals surface area contributed by atoms with Crippen molar-refractivity contribution in [3.63, 3.8) is 0 Å². The van der Waals surface area contributed by atoms with E-state index in [0.717, 1.165) is 0 Å². The Hall–Kier alpha value is -2.18. The Balaban J connectivity index is 3.16. The molecule has 0 spiro atoms. The molecule has 0 unspecified atom stereocenters. The molecule has 0 fully saturated rings. The van der Waals surface area contributed by atoms with Gasteiger partial charge in [-0.1, -0.05) is 0 Å². The van der Waals surface area contributed by atoms with E-state index >= 15 is 0 Å². The Labute approximate surface area is 123 Å². The van der Waals surface area contributed by atoms with Gasteiger partial charge in [0.15, 0.2) is 0 Å². The molecular weight excluding hydrogens is 274 g/mol. The van der Waals surface area contributed by atoms with Gasteiger partial charge in [-0.05, 0) is 40.2 Å². The van der Waals surface area contributed by atoms with Crippen LogP contribution in [0.2, 0.25) is 0 Å². The van der Waals surface area contributed by atoms with Crippen LogP contribution in [0.15, 0.2) is 4.79 Å². The summed E-state index contributed by atoms with van der Waals surface area (Å²) in [6.07, 6.45) is 0. The first-order valence-electron chi connectivity index (χ1n) is 6.82. The van der Waals surface area contributed by atoms with Crippen LogP contribution in [-0.2, 0) is 9.53 Å². The third-order valence-corrected chi connectivity index (χ3v) is 3.17. The summed E-state index contributed by atoms with van der Waals surface area (Å²) in [5.74, 6) is -0.998. The van der Waals surface area contributed by atoms with E-state index in [0.29, 0.717) is 11.3 Å². The number of amides is 1. The molecule has 0 radical (unpaired) electrons. The number of aryl methyl sites for hydroxylation is 1. The summed E-state index contributed by atoms with van der Waals surface area (Å²) in [5.41, 5.74) is 0.536. The molecule has 1 aromatic rings. The molecule has 0 bridgehead atoms. The fraction of sp³-hybridized carbons (Fsp3) is 0.571. The first kappa shape index (κ1) is 16.9. The van der Waals surface area contributed by atoms with E-state index in [2.05, 4.69) is 10.2 Å². The largest absolute Gasteiger partial charge is 0.465 e. The van der Waals surface area contributed by atoms with Crippen LogP contribution in [0.1, 0.15) is 42.4 Å². The molecule has 0 saturated heterocycles. The summed E-state index contributed by atoms with van der Waals surface area (Å²) in [5, 5.41) is 6.11. The van der Waals surface area contributed by atoms with Gasteiger partial charge in [0.1, 0.15) is 12.1 Å². The SMILES string of the molecule is CCOC(=O)CN(C(=O)c1c(C)c(C)n[nH]c1=O)C(C)C. The standard InChI is InChI=1S/C14H21N3O4/c1-6-21-11(18)7-17(8(2)3)14(20)12-9(4)10(5)15-16-13(12)19/h8H,6-7H2,1-5H3,(H,16,19). The minimum absolute atomic E-state index is 0.0144. The molecule has 7 nitrogen and oxygen atoms in total. The van der Waals surface area contributed by atoms with Crippen molar-refractivity contribution >= 4 is 11.9 Å². The molecule has 1 N–H and O–H groups in total. The van der Waals surface area contributed by atoms with Crippen LogP contribution in [0.5, 0.6) is 0 Å². The molecule has 0 saturated carbocycles. The summed E-state index contributed by atoms with van der Waals surface area (Å²) in [6.45, 7) is 8.65. The summed E-state index contributed by atoms with van der Waals surface area (Å²) < 4.78 is 4.86. The van der Waals surface area contributed by atoms with Gasteiger partial charge in [0.05, 0.1) is 12.3 Å². The number of aromatic amines is 1. The van der Waals surface area contributed by atoms with Crippen molar-refractivity contribution in [2.45, 2.75) is 40.7 Å². The summed E-state index contributed by atoms with van der Waals surface area (Å²) in [6, 6.07) is -0.242. The van der Waals surface area contributed by atoms with Crippen LogP contribution in [0, 0.1) is 13.8 Å². The predicted octanol–water partition coefficient (Wildman–Crippen LogP) is 0.800. The fourth-order valence-electron chi connectivity index (χ4n) is 1.86. The molecule has 0 aliphatic carbocycles. The predicted molar refractivity (Wildman–Crippen MR) is 77.1 cm³/mol. The van der Waals surface area contributed by atoms with Gasteiger partial charge in [0.2, 0.25) is 0 Å². The number of nitrogens with one attached hydrogen (secondary N) is 1.